The van der Waals surface area contributed by atoms with Crippen LogP contribution in [0.1, 0.15) is 67.7 Å². The van der Waals surface area contributed by atoms with Gasteiger partial charge in [0.2, 0.25) is 0 Å². The monoisotopic (exact) mass is 362 g/mol. The molecule has 5 heteroatoms. The lowest BCUT2D eigenvalue weighted by atomic mass is 10.0. The molecule has 1 N–H and O–H groups in total. The van der Waals surface area contributed by atoms with Crippen molar-refractivity contribution in [3.63, 3.8) is 0 Å². The highest BCUT2D eigenvalue weighted by molar-refractivity contribution is 6.07. The zero-order valence-electron chi connectivity index (χ0n) is 16.2. The molecule has 1 fully saturated rings. The Labute approximate surface area is 159 Å². The maximum atomic E-state index is 13.1. The van der Waals surface area contributed by atoms with Gasteiger partial charge < -0.3 is 5.32 Å². The molecule has 3 aromatic rings. The van der Waals surface area contributed by atoms with Crippen LogP contribution in [-0.4, -0.2) is 26.7 Å². The number of amides is 1. The second kappa shape index (κ2) is 7.14. The van der Waals surface area contributed by atoms with Gasteiger partial charge in [-0.1, -0.05) is 32.0 Å². The summed E-state index contributed by atoms with van der Waals surface area (Å²) in [4.78, 5) is 17.9. The number of hydrogen-bond donors (Lipinski definition) is 1. The maximum absolute atomic E-state index is 13.1. The first kappa shape index (κ1) is 17.7. The highest BCUT2D eigenvalue weighted by atomic mass is 16.1. The Morgan fingerprint density at radius 3 is 2.63 bits per heavy atom. The summed E-state index contributed by atoms with van der Waals surface area (Å²) in [6.45, 7) is 6.18. The van der Waals surface area contributed by atoms with E-state index in [0.29, 0.717) is 11.5 Å². The third-order valence-electron chi connectivity index (χ3n) is 5.28. The van der Waals surface area contributed by atoms with Crippen LogP contribution in [0.15, 0.2) is 36.4 Å². The molecule has 1 atom stereocenters. The molecule has 0 unspecified atom stereocenters. The van der Waals surface area contributed by atoms with E-state index < -0.39 is 0 Å². The molecule has 2 aromatic heterocycles. The molecule has 1 saturated carbocycles. The number of carbonyl (C=O) groups excluding carboxylic acids is 1. The van der Waals surface area contributed by atoms with Crippen molar-refractivity contribution < 1.29 is 4.79 Å². The fourth-order valence-corrected chi connectivity index (χ4v) is 3.35. The van der Waals surface area contributed by atoms with Crippen LogP contribution in [0, 0.1) is 0 Å². The quantitative estimate of drug-likeness (QED) is 0.707. The van der Waals surface area contributed by atoms with E-state index in [0.717, 1.165) is 53.8 Å². The second-order valence-electron chi connectivity index (χ2n) is 7.40. The maximum Gasteiger partial charge on any atom is 0.252 e. The molecule has 1 aliphatic carbocycles. The lowest BCUT2D eigenvalue weighted by molar-refractivity contribution is 0.0940. The molecular formula is C22H26N4O. The molecule has 0 spiro atoms. The number of aromatic nitrogens is 3. The topological polar surface area (TPSA) is 59.8 Å². The van der Waals surface area contributed by atoms with Crippen LogP contribution in [0.4, 0.5) is 0 Å². The Balaban J connectivity index is 1.95. The standard InChI is InChI=1S/C22H26N4O/c1-4-14(3)23-22(27)18-13-16(5-2)24-21-19(18)20(15-11-12-15)25-26(21)17-9-7-6-8-10-17/h6-10,13-15H,4-5,11-12H2,1-3H3,(H,23,27)/t14-/m0/s1. The number of carbonyl (C=O) groups is 1. The van der Waals surface area contributed by atoms with Crippen molar-refractivity contribution in [3.05, 3.63) is 53.3 Å². The number of benzene rings is 1. The predicted octanol–water partition coefficient (Wildman–Crippen LogP) is 4.39. The Hall–Kier alpha value is -2.69. The smallest absolute Gasteiger partial charge is 0.252 e. The highest BCUT2D eigenvalue weighted by Gasteiger charge is 2.32. The molecule has 0 aliphatic heterocycles. The van der Waals surface area contributed by atoms with Gasteiger partial charge in [0.1, 0.15) is 0 Å². The van der Waals surface area contributed by atoms with Gasteiger partial charge in [0.15, 0.2) is 5.65 Å². The summed E-state index contributed by atoms with van der Waals surface area (Å²) in [5.41, 5.74) is 4.40. The molecule has 2 heterocycles. The summed E-state index contributed by atoms with van der Waals surface area (Å²) in [6.07, 6.45) is 3.93. The van der Waals surface area contributed by atoms with Gasteiger partial charge in [0.25, 0.3) is 5.91 Å². The second-order valence-corrected chi connectivity index (χ2v) is 7.40. The van der Waals surface area contributed by atoms with Gasteiger partial charge in [0.05, 0.1) is 22.3 Å². The SMILES string of the molecule is CCc1cc(C(=O)N[C@@H](C)CC)c2c(C3CC3)nn(-c3ccccc3)c2n1. The number of aryl methyl sites for hydroxylation is 1. The van der Waals surface area contributed by atoms with Crippen LogP contribution in [0.3, 0.4) is 0 Å². The normalized spacial score (nSPS) is 15.1. The Morgan fingerprint density at radius 1 is 1.26 bits per heavy atom. The molecule has 0 saturated heterocycles. The molecule has 140 valence electrons. The highest BCUT2D eigenvalue weighted by Crippen LogP contribution is 2.43. The molecule has 1 aromatic carbocycles. The van der Waals surface area contributed by atoms with Crippen LogP contribution in [-0.2, 0) is 6.42 Å². The van der Waals surface area contributed by atoms with E-state index in [-0.39, 0.29) is 11.9 Å². The minimum absolute atomic E-state index is 0.0269. The lowest BCUT2D eigenvalue weighted by Crippen LogP contribution is -2.32. The van der Waals surface area contributed by atoms with Gasteiger partial charge >= 0.3 is 0 Å². The number of nitrogens with zero attached hydrogens (tertiary/aromatic N) is 3. The summed E-state index contributed by atoms with van der Waals surface area (Å²) < 4.78 is 1.90. The minimum Gasteiger partial charge on any atom is -0.350 e. The van der Waals surface area contributed by atoms with Crippen LogP contribution in [0.25, 0.3) is 16.7 Å². The first-order valence-corrected chi connectivity index (χ1v) is 9.91. The lowest BCUT2D eigenvalue weighted by Gasteiger charge is -2.13. The van der Waals surface area contributed by atoms with Crippen molar-refractivity contribution in [1.82, 2.24) is 20.1 Å². The van der Waals surface area contributed by atoms with E-state index in [1.54, 1.807) is 0 Å². The van der Waals surface area contributed by atoms with Crippen LogP contribution >= 0.6 is 0 Å². The minimum atomic E-state index is -0.0269. The van der Waals surface area contributed by atoms with Crippen molar-refractivity contribution in [1.29, 1.82) is 0 Å². The first-order chi connectivity index (χ1) is 13.1. The average molecular weight is 362 g/mol. The number of pyridine rings is 1. The van der Waals surface area contributed by atoms with Crippen molar-refractivity contribution in [2.75, 3.05) is 0 Å². The van der Waals surface area contributed by atoms with Gasteiger partial charge in [-0.25, -0.2) is 9.67 Å². The van der Waals surface area contributed by atoms with E-state index in [1.807, 2.05) is 48.0 Å². The largest absolute Gasteiger partial charge is 0.350 e. The zero-order valence-corrected chi connectivity index (χ0v) is 16.2. The van der Waals surface area contributed by atoms with E-state index in [9.17, 15) is 4.79 Å². The van der Waals surface area contributed by atoms with Crippen molar-refractivity contribution >= 4 is 16.9 Å². The fourth-order valence-electron chi connectivity index (χ4n) is 3.35. The number of para-hydroxylation sites is 1. The Bertz CT molecular complexity index is 973. The molecule has 27 heavy (non-hydrogen) atoms. The van der Waals surface area contributed by atoms with E-state index in [2.05, 4.69) is 19.2 Å². The number of rotatable bonds is 6. The molecule has 1 amide bonds. The molecule has 4 rings (SSSR count). The number of nitrogens with one attached hydrogen (secondary N) is 1. The van der Waals surface area contributed by atoms with Crippen molar-refractivity contribution in [2.45, 2.75) is 58.4 Å². The Morgan fingerprint density at radius 2 is 2.00 bits per heavy atom. The Kier molecular flexibility index (Phi) is 4.68. The molecule has 1 aliphatic rings. The van der Waals surface area contributed by atoms with Gasteiger partial charge in [-0.3, -0.25) is 4.79 Å². The van der Waals surface area contributed by atoms with Crippen LogP contribution in [0.5, 0.6) is 0 Å². The fraction of sp³-hybridized carbons (Fsp3) is 0.409. The van der Waals surface area contributed by atoms with E-state index in [1.165, 1.54) is 0 Å². The molecule has 0 bridgehead atoms. The van der Waals surface area contributed by atoms with Gasteiger partial charge in [-0.05, 0) is 50.8 Å². The molecule has 5 nitrogen and oxygen atoms in total. The summed E-state index contributed by atoms with van der Waals surface area (Å²) in [7, 11) is 0. The summed E-state index contributed by atoms with van der Waals surface area (Å²) in [5, 5.41) is 8.95. The van der Waals surface area contributed by atoms with Crippen molar-refractivity contribution in [2.24, 2.45) is 0 Å². The van der Waals surface area contributed by atoms with Gasteiger partial charge in [-0.2, -0.15) is 5.10 Å². The predicted molar refractivity (Wildman–Crippen MR) is 107 cm³/mol. The van der Waals surface area contributed by atoms with E-state index >= 15 is 0 Å². The molecular weight excluding hydrogens is 336 g/mol. The summed E-state index contributed by atoms with van der Waals surface area (Å²) in [6, 6.07) is 12.1. The van der Waals surface area contributed by atoms with Crippen LogP contribution < -0.4 is 5.32 Å². The average Bonchev–Trinajstić information content (AvgIpc) is 3.48. The summed E-state index contributed by atoms with van der Waals surface area (Å²) >= 11 is 0. The third kappa shape index (κ3) is 3.34. The van der Waals surface area contributed by atoms with Gasteiger partial charge in [-0.15, -0.1) is 0 Å². The zero-order chi connectivity index (χ0) is 19.0. The molecule has 0 radical (unpaired) electrons. The van der Waals surface area contributed by atoms with Crippen LogP contribution in [0.2, 0.25) is 0 Å². The third-order valence-corrected chi connectivity index (χ3v) is 5.28. The van der Waals surface area contributed by atoms with Crippen molar-refractivity contribution in [3.8, 4) is 5.69 Å². The van der Waals surface area contributed by atoms with E-state index in [4.69, 9.17) is 10.1 Å². The van der Waals surface area contributed by atoms with Gasteiger partial charge in [0, 0.05) is 17.7 Å². The number of fused-ring (bicyclic) bond motifs is 1. The summed E-state index contributed by atoms with van der Waals surface area (Å²) in [5.74, 6) is 0.405. The first-order valence-electron chi connectivity index (χ1n) is 9.91. The number of hydrogen-bond acceptors (Lipinski definition) is 3.